The van der Waals surface area contributed by atoms with Gasteiger partial charge in [-0.15, -0.1) is 0 Å². The fraction of sp³-hybridized carbons (Fsp3) is 0.452. The van der Waals surface area contributed by atoms with E-state index in [1.807, 2.05) is 6.92 Å². The minimum Gasteiger partial charge on any atom is -0.374 e. The first-order valence-corrected chi connectivity index (χ1v) is 16.3. The molecule has 0 aromatic heterocycles. The normalized spacial score (nSPS) is 22.8. The van der Waals surface area contributed by atoms with Crippen LogP contribution in [0.2, 0.25) is 0 Å². The average molecular weight is 595 g/mol. The highest BCUT2D eigenvalue weighted by Crippen LogP contribution is 2.42. The predicted octanol–water partition coefficient (Wildman–Crippen LogP) is 11.8. The Bertz CT molecular complexity index is 1370. The number of carbonyl (C=O) groups is 1. The Hall–Kier alpha value is -3.23. The molecule has 2 rings (SSSR count). The van der Waals surface area contributed by atoms with Crippen LogP contribution in [0.25, 0.3) is 0 Å². The topological polar surface area (TPSA) is 26.3 Å². The molecule has 0 saturated carbocycles. The first-order valence-electron chi connectivity index (χ1n) is 16.3. The van der Waals surface area contributed by atoms with Gasteiger partial charge in [0, 0.05) is 13.0 Å². The molecular weight excluding hydrogens is 536 g/mol. The molecule has 0 N–H and O–H groups in total. The number of Topliss-reactive ketones (excluding diaryl/α,β-unsaturated/α-hetero) is 1. The Kier molecular flexibility index (Phi) is 14.5. The van der Waals surface area contributed by atoms with E-state index in [1.165, 1.54) is 27.9 Å². The van der Waals surface area contributed by atoms with Crippen molar-refractivity contribution in [3.63, 3.8) is 0 Å². The molecule has 44 heavy (non-hydrogen) atoms. The van der Waals surface area contributed by atoms with Crippen molar-refractivity contribution in [3.8, 4) is 0 Å². The summed E-state index contributed by atoms with van der Waals surface area (Å²) in [4.78, 5) is 12.2. The van der Waals surface area contributed by atoms with Gasteiger partial charge >= 0.3 is 0 Å². The van der Waals surface area contributed by atoms with Gasteiger partial charge < -0.3 is 4.74 Å². The van der Waals surface area contributed by atoms with E-state index in [4.69, 9.17) is 4.74 Å². The molecule has 0 aromatic rings. The molecule has 2 aliphatic rings. The van der Waals surface area contributed by atoms with Gasteiger partial charge in [-0.25, -0.2) is 0 Å². The third kappa shape index (κ3) is 11.7. The van der Waals surface area contributed by atoms with Crippen LogP contribution in [0.5, 0.6) is 0 Å². The summed E-state index contributed by atoms with van der Waals surface area (Å²) >= 11 is 0. The van der Waals surface area contributed by atoms with Gasteiger partial charge in [0.2, 0.25) is 0 Å². The lowest BCUT2D eigenvalue weighted by Crippen LogP contribution is -2.29. The summed E-state index contributed by atoms with van der Waals surface area (Å²) in [6.45, 7) is 24.6. The molecule has 0 heterocycles. The monoisotopic (exact) mass is 594 g/mol. The molecule has 0 spiro atoms. The van der Waals surface area contributed by atoms with Crippen LogP contribution in [0.4, 0.5) is 0 Å². The Morgan fingerprint density at radius 1 is 0.705 bits per heavy atom. The lowest BCUT2D eigenvalue weighted by Gasteiger charge is -2.37. The Balaban J connectivity index is 1.94. The molecule has 0 radical (unpaired) electrons. The van der Waals surface area contributed by atoms with Crippen molar-refractivity contribution >= 4 is 5.78 Å². The number of carbonyl (C=O) groups excluding carboxylic acids is 1. The van der Waals surface area contributed by atoms with Gasteiger partial charge in [-0.3, -0.25) is 4.79 Å². The fourth-order valence-electron chi connectivity index (χ4n) is 5.84. The largest absolute Gasteiger partial charge is 0.374 e. The van der Waals surface area contributed by atoms with E-state index in [-0.39, 0.29) is 22.7 Å². The molecule has 0 fully saturated rings. The zero-order valence-electron chi connectivity index (χ0n) is 29.5. The molecule has 2 heteroatoms. The third-order valence-corrected chi connectivity index (χ3v) is 8.86. The van der Waals surface area contributed by atoms with E-state index in [0.29, 0.717) is 6.42 Å². The van der Waals surface area contributed by atoms with Gasteiger partial charge in [-0.05, 0) is 101 Å². The highest BCUT2D eigenvalue weighted by Gasteiger charge is 2.32. The molecular formula is C42H58O2. The van der Waals surface area contributed by atoms with E-state index < -0.39 is 0 Å². The molecule has 1 unspecified atom stereocenters. The van der Waals surface area contributed by atoms with Gasteiger partial charge in [0.15, 0.2) is 5.78 Å². The van der Waals surface area contributed by atoms with Crippen molar-refractivity contribution in [1.82, 2.24) is 0 Å². The van der Waals surface area contributed by atoms with Crippen LogP contribution in [0.3, 0.4) is 0 Å². The van der Waals surface area contributed by atoms with Gasteiger partial charge in [0.1, 0.15) is 0 Å². The first-order chi connectivity index (χ1) is 20.7. The molecule has 0 aromatic carbocycles. The van der Waals surface area contributed by atoms with Gasteiger partial charge in [0.25, 0.3) is 0 Å². The van der Waals surface area contributed by atoms with Crippen LogP contribution in [0.15, 0.2) is 130 Å². The fourth-order valence-corrected chi connectivity index (χ4v) is 5.84. The molecule has 0 aliphatic heterocycles. The maximum absolute atomic E-state index is 12.2. The van der Waals surface area contributed by atoms with Crippen LogP contribution in [-0.2, 0) is 9.53 Å². The Morgan fingerprint density at radius 2 is 1.16 bits per heavy atom. The van der Waals surface area contributed by atoms with Crippen LogP contribution in [0.1, 0.15) is 102 Å². The van der Waals surface area contributed by atoms with Crippen LogP contribution >= 0.6 is 0 Å². The number of allylic oxidation sites excluding steroid dienone is 21. The Labute approximate surface area is 269 Å². The molecule has 238 valence electrons. The minimum absolute atomic E-state index is 0.0456. The SMILES string of the molecule is CCOC1CCC(C)(C)C(C=CC(C)=CC=CC(C)=CC=CC=C(C)C=CC=C(C)C=CC2=C(C)C(=O)CCC2(C)C)=C1C. The second-order valence-corrected chi connectivity index (χ2v) is 13.7. The zero-order chi connectivity index (χ0) is 32.9. The zero-order valence-corrected chi connectivity index (χ0v) is 29.5. The summed E-state index contributed by atoms with van der Waals surface area (Å²) in [6.07, 6.45) is 33.9. The van der Waals surface area contributed by atoms with E-state index in [0.717, 1.165) is 42.6 Å². The van der Waals surface area contributed by atoms with Crippen molar-refractivity contribution in [2.45, 2.75) is 108 Å². The summed E-state index contributed by atoms with van der Waals surface area (Å²) in [5.41, 5.74) is 9.84. The van der Waals surface area contributed by atoms with Crippen molar-refractivity contribution in [3.05, 3.63) is 130 Å². The number of hydrogen-bond acceptors (Lipinski definition) is 2. The molecule has 1 atom stereocenters. The van der Waals surface area contributed by atoms with Crippen molar-refractivity contribution < 1.29 is 9.53 Å². The molecule has 2 nitrogen and oxygen atoms in total. The van der Waals surface area contributed by atoms with Crippen molar-refractivity contribution in [2.75, 3.05) is 6.61 Å². The molecule has 0 saturated heterocycles. The second-order valence-electron chi connectivity index (χ2n) is 13.7. The highest BCUT2D eigenvalue weighted by molar-refractivity contribution is 5.97. The maximum Gasteiger partial charge on any atom is 0.158 e. The van der Waals surface area contributed by atoms with Crippen molar-refractivity contribution in [2.24, 2.45) is 10.8 Å². The number of hydrogen-bond donors (Lipinski definition) is 0. The predicted molar refractivity (Wildman–Crippen MR) is 193 cm³/mol. The van der Waals surface area contributed by atoms with Gasteiger partial charge in [-0.2, -0.15) is 0 Å². The lowest BCUT2D eigenvalue weighted by atomic mass is 9.71. The van der Waals surface area contributed by atoms with Gasteiger partial charge in [0.05, 0.1) is 6.10 Å². The quantitative estimate of drug-likeness (QED) is 0.210. The maximum atomic E-state index is 12.2. The third-order valence-electron chi connectivity index (χ3n) is 8.86. The summed E-state index contributed by atoms with van der Waals surface area (Å²) in [6, 6.07) is 0. The van der Waals surface area contributed by atoms with E-state index >= 15 is 0 Å². The molecule has 2 aliphatic carbocycles. The van der Waals surface area contributed by atoms with Gasteiger partial charge in [-0.1, -0.05) is 135 Å². The molecule has 0 bridgehead atoms. The van der Waals surface area contributed by atoms with E-state index in [9.17, 15) is 4.79 Å². The minimum atomic E-state index is 0.0456. The summed E-state index contributed by atoms with van der Waals surface area (Å²) in [5.74, 6) is 0.277. The van der Waals surface area contributed by atoms with Crippen LogP contribution in [0, 0.1) is 10.8 Å². The smallest absolute Gasteiger partial charge is 0.158 e. The average Bonchev–Trinajstić information content (AvgIpc) is 2.94. The van der Waals surface area contributed by atoms with E-state index in [1.54, 1.807) is 0 Å². The lowest BCUT2D eigenvalue weighted by molar-refractivity contribution is -0.116. The Morgan fingerprint density at radius 3 is 1.68 bits per heavy atom. The standard InChI is InChI=1S/C42H58O2/c1-12-44-40-28-30-42(10,11)38(36(40)7)26-24-34(5)22-16-20-32(3)18-14-13-17-31(2)19-15-21-33(4)23-25-37-35(6)39(43)27-29-41(37,8)9/h13-26,40H,12,27-30H2,1-11H3. The van der Waals surface area contributed by atoms with Crippen LogP contribution < -0.4 is 0 Å². The summed E-state index contributed by atoms with van der Waals surface area (Å²) in [5, 5.41) is 0. The van der Waals surface area contributed by atoms with Crippen molar-refractivity contribution in [1.29, 1.82) is 0 Å². The number of ketones is 1. The first kappa shape index (κ1) is 37.0. The van der Waals surface area contributed by atoms with E-state index in [2.05, 4.69) is 154 Å². The number of ether oxygens (including phenoxy) is 1. The number of rotatable bonds is 12. The summed E-state index contributed by atoms with van der Waals surface area (Å²) in [7, 11) is 0. The van der Waals surface area contributed by atoms with Crippen LogP contribution in [-0.4, -0.2) is 18.5 Å². The second kappa shape index (κ2) is 17.3. The molecule has 0 amide bonds. The highest BCUT2D eigenvalue weighted by atomic mass is 16.5. The summed E-state index contributed by atoms with van der Waals surface area (Å²) < 4.78 is 5.98.